The van der Waals surface area contributed by atoms with E-state index in [4.69, 9.17) is 23.8 Å². The summed E-state index contributed by atoms with van der Waals surface area (Å²) in [7, 11) is 0. The Kier molecular flexibility index (Phi) is 5.33. The number of non-ortho nitro benzene ring substituents is 1. The van der Waals surface area contributed by atoms with Gasteiger partial charge in [-0.15, -0.1) is 11.6 Å². The summed E-state index contributed by atoms with van der Waals surface area (Å²) in [5.74, 6) is -0.391. The molecule has 3 aromatic rings. The van der Waals surface area contributed by atoms with Crippen molar-refractivity contribution in [1.29, 1.82) is 0 Å². The average molecular weight is 480 g/mol. The summed E-state index contributed by atoms with van der Waals surface area (Å²) >= 11 is 12.8. The minimum Gasteiger partial charge on any atom is -0.302 e. The molecule has 2 atom stereocenters. The number of nitro benzene ring substituents is 1. The summed E-state index contributed by atoms with van der Waals surface area (Å²) in [6, 6.07) is 5.22. The van der Waals surface area contributed by atoms with Gasteiger partial charge in [-0.3, -0.25) is 19.7 Å². The second-order valence-corrected chi connectivity index (χ2v) is 8.52. The van der Waals surface area contributed by atoms with Gasteiger partial charge in [-0.1, -0.05) is 23.5 Å². The van der Waals surface area contributed by atoms with E-state index in [2.05, 4.69) is 20.5 Å². The van der Waals surface area contributed by atoms with Crippen LogP contribution in [0.5, 0.6) is 0 Å². The van der Waals surface area contributed by atoms with Crippen LogP contribution in [0.4, 0.5) is 10.8 Å². The SMILES string of the molecule is CC(=O)Nc1nc(C)c(-c2n[nH]c(=S)n2N2C(=O)C(Cl)C2c2cccc([N+](=O)[O-])c2)s1. The Hall–Kier alpha value is -3.16. The number of hydrogen-bond acceptors (Lipinski definition) is 8. The fraction of sp³-hybridized carbons (Fsp3) is 0.235. The van der Waals surface area contributed by atoms with E-state index in [0.29, 0.717) is 27.1 Å². The molecule has 2 unspecified atom stereocenters. The summed E-state index contributed by atoms with van der Waals surface area (Å²) in [6.45, 7) is 3.11. The molecule has 1 fully saturated rings. The van der Waals surface area contributed by atoms with Crippen molar-refractivity contribution < 1.29 is 14.5 Å². The molecule has 0 spiro atoms. The number of H-pyrrole nitrogens is 1. The molecule has 1 aromatic carbocycles. The molecule has 0 radical (unpaired) electrons. The number of carbonyl (C=O) groups excluding carboxylic acids is 2. The van der Waals surface area contributed by atoms with Crippen LogP contribution in [0.1, 0.15) is 24.2 Å². The molecule has 2 amide bonds. The van der Waals surface area contributed by atoms with Gasteiger partial charge in [0.1, 0.15) is 11.4 Å². The highest BCUT2D eigenvalue weighted by atomic mass is 35.5. The molecule has 160 valence electrons. The van der Waals surface area contributed by atoms with Crippen LogP contribution in [0.25, 0.3) is 10.7 Å². The predicted molar refractivity (Wildman–Crippen MR) is 116 cm³/mol. The molecular weight excluding hydrogens is 466 g/mol. The minimum absolute atomic E-state index is 0.116. The summed E-state index contributed by atoms with van der Waals surface area (Å²) in [5.41, 5.74) is 0.948. The first-order valence-corrected chi connectivity index (χ1v) is 10.5. The van der Waals surface area contributed by atoms with E-state index in [0.717, 1.165) is 0 Å². The molecule has 2 N–H and O–H groups in total. The van der Waals surface area contributed by atoms with Crippen molar-refractivity contribution >= 4 is 57.8 Å². The largest absolute Gasteiger partial charge is 0.302 e. The number of benzene rings is 1. The van der Waals surface area contributed by atoms with E-state index in [-0.39, 0.29) is 16.4 Å². The molecule has 2 aromatic heterocycles. The zero-order valence-electron chi connectivity index (χ0n) is 16.0. The molecule has 1 aliphatic heterocycles. The molecule has 0 aliphatic carbocycles. The first-order chi connectivity index (χ1) is 14.7. The van der Waals surface area contributed by atoms with Gasteiger partial charge in [-0.05, 0) is 24.7 Å². The molecule has 1 saturated heterocycles. The van der Waals surface area contributed by atoms with Gasteiger partial charge < -0.3 is 5.32 Å². The van der Waals surface area contributed by atoms with Crippen LogP contribution >= 0.6 is 35.2 Å². The lowest BCUT2D eigenvalue weighted by atomic mass is 9.95. The van der Waals surface area contributed by atoms with Crippen LogP contribution in [-0.2, 0) is 9.59 Å². The minimum atomic E-state index is -0.927. The zero-order chi connectivity index (χ0) is 22.4. The number of hydrogen-bond donors (Lipinski definition) is 2. The van der Waals surface area contributed by atoms with Crippen LogP contribution < -0.4 is 10.3 Å². The van der Waals surface area contributed by atoms with Crippen LogP contribution in [0.3, 0.4) is 0 Å². The van der Waals surface area contributed by atoms with Gasteiger partial charge in [0.2, 0.25) is 10.7 Å². The lowest BCUT2D eigenvalue weighted by molar-refractivity contribution is -0.384. The second-order valence-electron chi connectivity index (χ2n) is 6.66. The number of carbonyl (C=O) groups is 2. The number of aromatic nitrogens is 4. The lowest BCUT2D eigenvalue weighted by Gasteiger charge is -2.44. The topological polar surface area (TPSA) is 139 Å². The third kappa shape index (κ3) is 3.60. The van der Waals surface area contributed by atoms with Crippen molar-refractivity contribution in [3.05, 3.63) is 50.4 Å². The van der Waals surface area contributed by atoms with E-state index < -0.39 is 22.2 Å². The van der Waals surface area contributed by atoms with Crippen molar-refractivity contribution in [3.8, 4) is 10.7 Å². The highest BCUT2D eigenvalue weighted by Crippen LogP contribution is 2.40. The van der Waals surface area contributed by atoms with E-state index in [1.807, 2.05) is 0 Å². The quantitative estimate of drug-likeness (QED) is 0.188. The number of amides is 2. The number of β-lactam (4-membered cyclic amide) rings is 1. The number of aromatic amines is 1. The van der Waals surface area contributed by atoms with Crippen LogP contribution in [0, 0.1) is 21.8 Å². The molecule has 11 nitrogen and oxygen atoms in total. The number of alkyl halides is 1. The summed E-state index contributed by atoms with van der Waals surface area (Å²) < 4.78 is 1.54. The Morgan fingerprint density at radius 1 is 1.45 bits per heavy atom. The number of nitrogens with one attached hydrogen (secondary N) is 2. The zero-order valence-corrected chi connectivity index (χ0v) is 18.4. The van der Waals surface area contributed by atoms with Crippen molar-refractivity contribution in [2.75, 3.05) is 10.3 Å². The van der Waals surface area contributed by atoms with Gasteiger partial charge >= 0.3 is 0 Å². The third-order valence-electron chi connectivity index (χ3n) is 4.57. The number of nitrogens with zero attached hydrogens (tertiary/aromatic N) is 5. The Balaban J connectivity index is 1.79. The first kappa shape index (κ1) is 21.1. The van der Waals surface area contributed by atoms with E-state index in [1.54, 1.807) is 13.0 Å². The number of halogens is 1. The molecule has 0 saturated carbocycles. The average Bonchev–Trinajstić information content (AvgIpc) is 3.26. The smallest absolute Gasteiger partial charge is 0.269 e. The fourth-order valence-electron chi connectivity index (χ4n) is 3.24. The Morgan fingerprint density at radius 2 is 2.19 bits per heavy atom. The maximum atomic E-state index is 12.7. The highest BCUT2D eigenvalue weighted by Gasteiger charge is 2.50. The second kappa shape index (κ2) is 7.83. The monoisotopic (exact) mass is 479 g/mol. The van der Waals surface area contributed by atoms with Gasteiger partial charge in [0.25, 0.3) is 11.6 Å². The normalized spacial score (nSPS) is 18.0. The summed E-state index contributed by atoms with van der Waals surface area (Å²) in [5, 5.41) is 21.4. The van der Waals surface area contributed by atoms with Crippen LogP contribution in [0.15, 0.2) is 24.3 Å². The standard InChI is InChI=1S/C17H14ClN7O4S2/c1-7-13(31-16(19-7)20-8(2)26)14-21-22-17(30)24(14)23-12(11(18)15(23)27)9-4-3-5-10(6-9)25(28)29/h3-6,11-12H,1-2H3,(H,22,30)(H,19,20,26). The van der Waals surface area contributed by atoms with Gasteiger partial charge in [0.15, 0.2) is 11.0 Å². The molecular formula is C17H14ClN7O4S2. The molecule has 4 rings (SSSR count). The number of anilines is 1. The van der Waals surface area contributed by atoms with Crippen molar-refractivity contribution in [2.45, 2.75) is 25.3 Å². The molecule has 3 heterocycles. The first-order valence-electron chi connectivity index (χ1n) is 8.83. The van der Waals surface area contributed by atoms with Gasteiger partial charge in [-0.25, -0.2) is 19.8 Å². The number of aryl methyl sites for hydroxylation is 1. The Morgan fingerprint density at radius 3 is 2.87 bits per heavy atom. The Labute approximate surface area is 188 Å². The van der Waals surface area contributed by atoms with E-state index in [1.165, 1.54) is 46.1 Å². The van der Waals surface area contributed by atoms with Crippen molar-refractivity contribution in [2.24, 2.45) is 0 Å². The summed E-state index contributed by atoms with van der Waals surface area (Å²) in [4.78, 5) is 39.6. The van der Waals surface area contributed by atoms with Crippen LogP contribution in [-0.4, -0.2) is 42.0 Å². The Bertz CT molecular complexity index is 1280. The molecule has 14 heteroatoms. The van der Waals surface area contributed by atoms with E-state index in [9.17, 15) is 19.7 Å². The van der Waals surface area contributed by atoms with Gasteiger partial charge in [0.05, 0.1) is 15.5 Å². The molecule has 31 heavy (non-hydrogen) atoms. The maximum Gasteiger partial charge on any atom is 0.269 e. The molecule has 1 aliphatic rings. The van der Waals surface area contributed by atoms with Crippen LogP contribution in [0.2, 0.25) is 0 Å². The van der Waals surface area contributed by atoms with Crippen molar-refractivity contribution in [1.82, 2.24) is 19.9 Å². The van der Waals surface area contributed by atoms with Crippen molar-refractivity contribution in [3.63, 3.8) is 0 Å². The summed E-state index contributed by atoms with van der Waals surface area (Å²) in [6.07, 6.45) is 0. The van der Waals surface area contributed by atoms with Gasteiger partial charge in [-0.2, -0.15) is 5.10 Å². The number of rotatable bonds is 5. The predicted octanol–water partition coefficient (Wildman–Crippen LogP) is 3.07. The third-order valence-corrected chi connectivity index (χ3v) is 6.33. The maximum absolute atomic E-state index is 12.7. The van der Waals surface area contributed by atoms with E-state index >= 15 is 0 Å². The highest BCUT2D eigenvalue weighted by molar-refractivity contribution is 7.71. The number of thiazole rings is 1. The fourth-order valence-corrected chi connectivity index (χ4v) is 4.80. The van der Waals surface area contributed by atoms with Gasteiger partial charge in [0, 0.05) is 19.1 Å². The molecule has 0 bridgehead atoms. The number of nitro groups is 1. The lowest BCUT2D eigenvalue weighted by Crippen LogP contribution is -2.62.